The number of nitrogens with one attached hydrogen (secondary N) is 1. The summed E-state index contributed by atoms with van der Waals surface area (Å²) >= 11 is 0. The highest BCUT2D eigenvalue weighted by molar-refractivity contribution is 6.07. The highest BCUT2D eigenvalue weighted by Gasteiger charge is 2.58. The quantitative estimate of drug-likeness (QED) is 0.758. The number of nitrogens with zero attached hydrogens (tertiary/aromatic N) is 1. The number of benzene rings is 1. The summed E-state index contributed by atoms with van der Waals surface area (Å²) in [5.74, 6) is -1.21. The van der Waals surface area contributed by atoms with Gasteiger partial charge in [-0.3, -0.25) is 19.7 Å². The van der Waals surface area contributed by atoms with Crippen molar-refractivity contribution in [1.29, 1.82) is 0 Å². The topological polar surface area (TPSA) is 78.9 Å². The van der Waals surface area contributed by atoms with Crippen LogP contribution in [0.4, 0.5) is 0 Å². The lowest BCUT2D eigenvalue weighted by atomic mass is 9.89. The van der Waals surface area contributed by atoms with E-state index in [2.05, 4.69) is 5.32 Å². The van der Waals surface area contributed by atoms with E-state index in [4.69, 9.17) is 4.84 Å². The highest BCUT2D eigenvalue weighted by Crippen LogP contribution is 2.45. The van der Waals surface area contributed by atoms with E-state index in [1.165, 1.54) is 0 Å². The van der Waals surface area contributed by atoms with Crippen molar-refractivity contribution in [2.24, 2.45) is 5.92 Å². The predicted molar refractivity (Wildman–Crippen MR) is 74.0 cm³/mol. The van der Waals surface area contributed by atoms with Gasteiger partial charge in [0.15, 0.2) is 6.10 Å². The summed E-state index contributed by atoms with van der Waals surface area (Å²) in [4.78, 5) is 29.7. The second-order valence-corrected chi connectivity index (χ2v) is 6.44. The van der Waals surface area contributed by atoms with E-state index >= 15 is 0 Å². The SMILES string of the molecule is CC(C)(C)N1OC2C(=O)NC(=O)C2C1c1cccc(O)c1. The van der Waals surface area contributed by atoms with Crippen molar-refractivity contribution in [3.05, 3.63) is 29.8 Å². The Hall–Kier alpha value is -1.92. The molecule has 0 aliphatic carbocycles. The predicted octanol–water partition coefficient (Wildman–Crippen LogP) is 1.12. The van der Waals surface area contributed by atoms with Crippen molar-refractivity contribution in [3.8, 4) is 5.75 Å². The van der Waals surface area contributed by atoms with Gasteiger partial charge in [0, 0.05) is 5.54 Å². The van der Waals surface area contributed by atoms with Gasteiger partial charge >= 0.3 is 0 Å². The van der Waals surface area contributed by atoms with Crippen molar-refractivity contribution in [2.75, 3.05) is 0 Å². The number of fused-ring (bicyclic) bond motifs is 1. The number of hydrogen-bond acceptors (Lipinski definition) is 5. The van der Waals surface area contributed by atoms with Gasteiger partial charge in [0.25, 0.3) is 5.91 Å². The van der Waals surface area contributed by atoms with Gasteiger partial charge in [0.05, 0.1) is 12.0 Å². The molecular formula is C15H18N2O4. The normalized spacial score (nSPS) is 29.6. The first-order valence-electron chi connectivity index (χ1n) is 6.89. The maximum atomic E-state index is 12.1. The molecule has 112 valence electrons. The van der Waals surface area contributed by atoms with Crippen molar-refractivity contribution in [3.63, 3.8) is 0 Å². The molecule has 2 amide bonds. The van der Waals surface area contributed by atoms with E-state index in [9.17, 15) is 14.7 Å². The molecule has 6 nitrogen and oxygen atoms in total. The molecule has 0 spiro atoms. The van der Waals surface area contributed by atoms with Crippen molar-refractivity contribution >= 4 is 11.8 Å². The molecular weight excluding hydrogens is 272 g/mol. The summed E-state index contributed by atoms with van der Waals surface area (Å²) in [6.45, 7) is 5.85. The summed E-state index contributed by atoms with van der Waals surface area (Å²) in [5.41, 5.74) is 0.364. The maximum absolute atomic E-state index is 12.1. The second kappa shape index (κ2) is 4.54. The van der Waals surface area contributed by atoms with Gasteiger partial charge < -0.3 is 5.11 Å². The van der Waals surface area contributed by atoms with Crippen LogP contribution in [0.3, 0.4) is 0 Å². The van der Waals surface area contributed by atoms with Crippen LogP contribution in [-0.2, 0) is 14.4 Å². The van der Waals surface area contributed by atoms with Crippen LogP contribution in [0.1, 0.15) is 32.4 Å². The molecule has 2 saturated heterocycles. The second-order valence-electron chi connectivity index (χ2n) is 6.44. The summed E-state index contributed by atoms with van der Waals surface area (Å²) in [5, 5.41) is 13.7. The fraction of sp³-hybridized carbons (Fsp3) is 0.467. The molecule has 2 heterocycles. The van der Waals surface area contributed by atoms with Crippen LogP contribution in [0.5, 0.6) is 5.75 Å². The number of phenolic OH excluding ortho intramolecular Hbond substituents is 1. The summed E-state index contributed by atoms with van der Waals surface area (Å²) in [6.07, 6.45) is -0.802. The van der Waals surface area contributed by atoms with E-state index in [1.807, 2.05) is 26.8 Å². The van der Waals surface area contributed by atoms with Crippen LogP contribution in [0.2, 0.25) is 0 Å². The van der Waals surface area contributed by atoms with E-state index in [0.29, 0.717) is 0 Å². The third-order valence-electron chi connectivity index (χ3n) is 3.83. The Labute approximate surface area is 122 Å². The molecule has 3 atom stereocenters. The lowest BCUT2D eigenvalue weighted by molar-refractivity contribution is -0.212. The van der Waals surface area contributed by atoms with E-state index in [0.717, 1.165) is 5.56 Å². The molecule has 2 aliphatic heterocycles. The molecule has 0 aromatic heterocycles. The van der Waals surface area contributed by atoms with Crippen LogP contribution < -0.4 is 5.32 Å². The molecule has 3 rings (SSSR count). The Morgan fingerprint density at radius 3 is 2.57 bits per heavy atom. The van der Waals surface area contributed by atoms with Gasteiger partial charge in [-0.25, -0.2) is 0 Å². The number of aromatic hydroxyl groups is 1. The van der Waals surface area contributed by atoms with Crippen LogP contribution in [0.25, 0.3) is 0 Å². The molecule has 1 aromatic rings. The zero-order valence-corrected chi connectivity index (χ0v) is 12.2. The Kier molecular flexibility index (Phi) is 3.04. The van der Waals surface area contributed by atoms with Crippen LogP contribution in [-0.4, -0.2) is 33.6 Å². The fourth-order valence-electron chi connectivity index (χ4n) is 2.96. The number of rotatable bonds is 1. The minimum Gasteiger partial charge on any atom is -0.508 e. The zero-order valence-electron chi connectivity index (χ0n) is 12.2. The average Bonchev–Trinajstić information content (AvgIpc) is 2.89. The molecule has 3 unspecified atom stereocenters. The monoisotopic (exact) mass is 290 g/mol. The summed E-state index contributed by atoms with van der Waals surface area (Å²) in [6, 6.07) is 6.30. The fourth-order valence-corrected chi connectivity index (χ4v) is 2.96. The highest BCUT2D eigenvalue weighted by atomic mass is 16.7. The first kappa shape index (κ1) is 14.0. The van der Waals surface area contributed by atoms with Gasteiger partial charge in [-0.1, -0.05) is 12.1 Å². The Morgan fingerprint density at radius 1 is 1.24 bits per heavy atom. The number of hydroxylamine groups is 2. The Bertz CT molecular complexity index is 608. The Morgan fingerprint density at radius 2 is 1.95 bits per heavy atom. The third kappa shape index (κ3) is 2.20. The largest absolute Gasteiger partial charge is 0.508 e. The molecule has 0 saturated carbocycles. The van der Waals surface area contributed by atoms with E-state index in [-0.39, 0.29) is 17.2 Å². The van der Waals surface area contributed by atoms with Gasteiger partial charge in [0.1, 0.15) is 5.75 Å². The van der Waals surface area contributed by atoms with Gasteiger partial charge in [-0.05, 0) is 38.5 Å². The molecule has 0 bridgehead atoms. The van der Waals surface area contributed by atoms with Gasteiger partial charge in [-0.2, -0.15) is 5.06 Å². The first-order valence-corrected chi connectivity index (χ1v) is 6.89. The standard InChI is InChI=1S/C15H18N2O4/c1-15(2,3)17-11(8-5-4-6-9(18)7-8)10-12(21-17)14(20)16-13(10)19/h4-7,10-12,18H,1-3H3,(H,16,19,20). The van der Waals surface area contributed by atoms with Crippen LogP contribution in [0, 0.1) is 5.92 Å². The molecule has 21 heavy (non-hydrogen) atoms. The third-order valence-corrected chi connectivity index (χ3v) is 3.83. The van der Waals surface area contributed by atoms with Crippen LogP contribution >= 0.6 is 0 Å². The lowest BCUT2D eigenvalue weighted by Gasteiger charge is -2.36. The van der Waals surface area contributed by atoms with E-state index < -0.39 is 24.0 Å². The van der Waals surface area contributed by atoms with E-state index in [1.54, 1.807) is 23.3 Å². The molecule has 2 aliphatic rings. The van der Waals surface area contributed by atoms with Crippen LogP contribution in [0.15, 0.2) is 24.3 Å². The van der Waals surface area contributed by atoms with Gasteiger partial charge in [-0.15, -0.1) is 0 Å². The zero-order chi connectivity index (χ0) is 15.4. The molecule has 0 radical (unpaired) electrons. The van der Waals surface area contributed by atoms with Crippen molar-refractivity contribution in [1.82, 2.24) is 10.4 Å². The average molecular weight is 290 g/mol. The summed E-state index contributed by atoms with van der Waals surface area (Å²) in [7, 11) is 0. The maximum Gasteiger partial charge on any atom is 0.258 e. The first-order chi connectivity index (χ1) is 9.79. The minimum absolute atomic E-state index is 0.120. The molecule has 1 aromatic carbocycles. The van der Waals surface area contributed by atoms with Crippen molar-refractivity contribution < 1.29 is 19.5 Å². The number of carbonyl (C=O) groups excluding carboxylic acids is 2. The number of hydrogen-bond donors (Lipinski definition) is 2. The molecule has 2 N–H and O–H groups in total. The number of phenols is 1. The minimum atomic E-state index is -0.802. The molecule has 2 fully saturated rings. The number of imide groups is 1. The Balaban J connectivity index is 2.08. The number of carbonyl (C=O) groups is 2. The number of amides is 2. The van der Waals surface area contributed by atoms with Gasteiger partial charge in [0.2, 0.25) is 5.91 Å². The molecule has 6 heteroatoms. The smallest absolute Gasteiger partial charge is 0.258 e. The summed E-state index contributed by atoms with van der Waals surface area (Å²) < 4.78 is 0. The lowest BCUT2D eigenvalue weighted by Crippen LogP contribution is -2.43. The van der Waals surface area contributed by atoms with Crippen molar-refractivity contribution in [2.45, 2.75) is 38.5 Å².